The number of para-hydroxylation sites is 1. The molecular weight excluding hydrogens is 280 g/mol. The molecule has 1 N–H and O–H groups in total. The number of nitrogens with zero attached hydrogens (tertiary/aromatic N) is 1. The number of hydrogen-bond donors (Lipinski definition) is 1. The number of benzene rings is 1. The second kappa shape index (κ2) is 10.1. The molecule has 0 atom stereocenters. The Kier molecular flexibility index (Phi) is 8.53. The van der Waals surface area contributed by atoms with E-state index in [0.717, 1.165) is 0 Å². The second-order valence-electron chi connectivity index (χ2n) is 4.99. The number of hydrogen-bond acceptors (Lipinski definition) is 1. The molecule has 0 unspecified atom stereocenters. The van der Waals surface area contributed by atoms with Gasteiger partial charge >= 0.3 is 0 Å². The summed E-state index contributed by atoms with van der Waals surface area (Å²) in [7, 11) is 0. The van der Waals surface area contributed by atoms with Gasteiger partial charge in [-0.1, -0.05) is 65.8 Å². The maximum atomic E-state index is 3.61. The van der Waals surface area contributed by atoms with Gasteiger partial charge in [0.2, 0.25) is 0 Å². The molecule has 2 aliphatic rings. The SMILES string of the molecule is C1=C2c3[nH]c4ccccc4c3CCN2CCC1.CC.CC.CC. The molecule has 1 aromatic heterocycles. The van der Waals surface area contributed by atoms with Crippen LogP contribution in [0, 0.1) is 0 Å². The largest absolute Gasteiger partial charge is 0.370 e. The Morgan fingerprint density at radius 1 is 0.913 bits per heavy atom. The van der Waals surface area contributed by atoms with Crippen LogP contribution < -0.4 is 0 Å². The van der Waals surface area contributed by atoms with Gasteiger partial charge in [0.15, 0.2) is 0 Å². The predicted molar refractivity (Wildman–Crippen MR) is 105 cm³/mol. The molecule has 0 fully saturated rings. The van der Waals surface area contributed by atoms with Crippen LogP contribution in [0.1, 0.15) is 65.6 Å². The van der Waals surface area contributed by atoms with Crippen LogP contribution in [0.5, 0.6) is 0 Å². The van der Waals surface area contributed by atoms with E-state index in [4.69, 9.17) is 0 Å². The van der Waals surface area contributed by atoms with Crippen LogP contribution in [-0.2, 0) is 6.42 Å². The summed E-state index contributed by atoms with van der Waals surface area (Å²) in [6.07, 6.45) is 6.10. The van der Waals surface area contributed by atoms with Crippen LogP contribution in [0.2, 0.25) is 0 Å². The van der Waals surface area contributed by atoms with Crippen molar-refractivity contribution in [3.05, 3.63) is 41.6 Å². The van der Waals surface area contributed by atoms with Crippen molar-refractivity contribution in [3.8, 4) is 0 Å². The van der Waals surface area contributed by atoms with E-state index in [1.165, 1.54) is 60.2 Å². The minimum absolute atomic E-state index is 1.18. The van der Waals surface area contributed by atoms with E-state index in [2.05, 4.69) is 40.2 Å². The van der Waals surface area contributed by atoms with Gasteiger partial charge in [0, 0.05) is 24.0 Å². The Bertz CT molecular complexity index is 607. The minimum atomic E-state index is 1.18. The monoisotopic (exact) mass is 314 g/mol. The molecule has 4 rings (SSSR count). The topological polar surface area (TPSA) is 19.0 Å². The molecule has 2 aliphatic heterocycles. The Morgan fingerprint density at radius 2 is 1.61 bits per heavy atom. The summed E-state index contributed by atoms with van der Waals surface area (Å²) < 4.78 is 0. The van der Waals surface area contributed by atoms with Crippen LogP contribution in [0.15, 0.2) is 30.3 Å². The highest BCUT2D eigenvalue weighted by atomic mass is 15.2. The quantitative estimate of drug-likeness (QED) is 0.610. The summed E-state index contributed by atoms with van der Waals surface area (Å²) >= 11 is 0. The lowest BCUT2D eigenvalue weighted by molar-refractivity contribution is 0.369. The van der Waals surface area contributed by atoms with E-state index < -0.39 is 0 Å². The van der Waals surface area contributed by atoms with E-state index in [9.17, 15) is 0 Å². The fourth-order valence-electron chi connectivity index (χ4n) is 3.19. The third-order valence-corrected chi connectivity index (χ3v) is 4.01. The van der Waals surface area contributed by atoms with Crippen molar-refractivity contribution in [1.29, 1.82) is 0 Å². The fraction of sp³-hybridized carbons (Fsp3) is 0.524. The maximum absolute atomic E-state index is 3.61. The number of aromatic nitrogens is 1. The highest BCUT2D eigenvalue weighted by molar-refractivity contribution is 5.89. The van der Waals surface area contributed by atoms with E-state index in [1.807, 2.05) is 41.5 Å². The zero-order chi connectivity index (χ0) is 17.2. The molecule has 23 heavy (non-hydrogen) atoms. The molecule has 0 spiro atoms. The van der Waals surface area contributed by atoms with Gasteiger partial charge in [0.05, 0.1) is 11.4 Å². The lowest BCUT2D eigenvalue weighted by Gasteiger charge is -2.34. The second-order valence-corrected chi connectivity index (χ2v) is 4.99. The lowest BCUT2D eigenvalue weighted by Crippen LogP contribution is -2.32. The average Bonchev–Trinajstić information content (AvgIpc) is 3.06. The summed E-state index contributed by atoms with van der Waals surface area (Å²) in [5, 5.41) is 1.41. The normalized spacial score (nSPS) is 14.7. The molecule has 0 saturated carbocycles. The van der Waals surface area contributed by atoms with E-state index in [0.29, 0.717) is 0 Å². The van der Waals surface area contributed by atoms with Crippen molar-refractivity contribution in [1.82, 2.24) is 9.88 Å². The maximum Gasteiger partial charge on any atom is 0.0658 e. The number of aromatic amines is 1. The van der Waals surface area contributed by atoms with Crippen molar-refractivity contribution < 1.29 is 0 Å². The molecule has 2 heteroatoms. The number of rotatable bonds is 0. The van der Waals surface area contributed by atoms with Gasteiger partial charge < -0.3 is 9.88 Å². The molecule has 128 valence electrons. The molecule has 0 aliphatic carbocycles. The Labute approximate surface area is 142 Å². The summed E-state index contributed by atoms with van der Waals surface area (Å²) in [6, 6.07) is 8.67. The molecule has 0 radical (unpaired) electrons. The minimum Gasteiger partial charge on any atom is -0.370 e. The summed E-state index contributed by atoms with van der Waals surface area (Å²) in [4.78, 5) is 6.13. The third kappa shape index (κ3) is 3.99. The van der Waals surface area contributed by atoms with Crippen LogP contribution in [-0.4, -0.2) is 23.0 Å². The highest BCUT2D eigenvalue weighted by Gasteiger charge is 2.25. The number of nitrogens with one attached hydrogen (secondary N) is 1. The highest BCUT2D eigenvalue weighted by Crippen LogP contribution is 2.35. The van der Waals surface area contributed by atoms with Gasteiger partial charge in [-0.2, -0.15) is 0 Å². The zero-order valence-corrected chi connectivity index (χ0v) is 15.9. The van der Waals surface area contributed by atoms with Crippen LogP contribution in [0.4, 0.5) is 0 Å². The van der Waals surface area contributed by atoms with E-state index >= 15 is 0 Å². The van der Waals surface area contributed by atoms with Crippen LogP contribution >= 0.6 is 0 Å². The first-order valence-electron chi connectivity index (χ1n) is 9.48. The van der Waals surface area contributed by atoms with Crippen LogP contribution in [0.25, 0.3) is 16.6 Å². The van der Waals surface area contributed by atoms with Gasteiger partial charge in [-0.15, -0.1) is 0 Å². The molecule has 0 bridgehead atoms. The van der Waals surface area contributed by atoms with Crippen molar-refractivity contribution in [2.45, 2.75) is 60.8 Å². The van der Waals surface area contributed by atoms with Crippen molar-refractivity contribution in [3.63, 3.8) is 0 Å². The third-order valence-electron chi connectivity index (χ3n) is 4.01. The van der Waals surface area contributed by atoms with Gasteiger partial charge in [-0.05, 0) is 30.9 Å². The lowest BCUT2D eigenvalue weighted by atomic mass is 9.98. The average molecular weight is 315 g/mol. The number of allylic oxidation sites excluding steroid dienone is 1. The molecular formula is C21H34N2. The first-order chi connectivity index (χ1) is 11.4. The van der Waals surface area contributed by atoms with E-state index in [-0.39, 0.29) is 0 Å². The molecule has 2 aromatic rings. The molecule has 1 aromatic carbocycles. The number of fused-ring (bicyclic) bond motifs is 5. The summed E-state index contributed by atoms with van der Waals surface area (Å²) in [6.45, 7) is 14.4. The zero-order valence-electron chi connectivity index (χ0n) is 15.9. The molecule has 3 heterocycles. The predicted octanol–water partition coefficient (Wildman–Crippen LogP) is 6.24. The molecule has 2 nitrogen and oxygen atoms in total. The van der Waals surface area contributed by atoms with E-state index in [1.54, 1.807) is 0 Å². The summed E-state index contributed by atoms with van der Waals surface area (Å²) in [5.74, 6) is 0. The number of H-pyrrole nitrogens is 1. The van der Waals surface area contributed by atoms with Crippen molar-refractivity contribution in [2.24, 2.45) is 0 Å². The molecule has 0 saturated heterocycles. The smallest absolute Gasteiger partial charge is 0.0658 e. The first kappa shape index (κ1) is 19.3. The standard InChI is InChI=1S/C15H16N2.3C2H6/c1-2-6-13-11(5-1)12-8-10-17-9-4-3-7-14(17)15(12)16-13;3*1-2/h1-2,5-7,16H,3-4,8-10H2;3*1-2H3. The Balaban J connectivity index is 0.000000400. The van der Waals surface area contributed by atoms with Crippen molar-refractivity contribution in [2.75, 3.05) is 13.1 Å². The fourth-order valence-corrected chi connectivity index (χ4v) is 3.19. The molecule has 0 amide bonds. The van der Waals surface area contributed by atoms with Crippen molar-refractivity contribution >= 4 is 16.6 Å². The van der Waals surface area contributed by atoms with Gasteiger partial charge in [0.1, 0.15) is 0 Å². The summed E-state index contributed by atoms with van der Waals surface area (Å²) in [5.41, 5.74) is 5.61. The Hall–Kier alpha value is -1.70. The van der Waals surface area contributed by atoms with Gasteiger partial charge in [-0.3, -0.25) is 0 Å². The van der Waals surface area contributed by atoms with Gasteiger partial charge in [-0.25, -0.2) is 0 Å². The van der Waals surface area contributed by atoms with Gasteiger partial charge in [0.25, 0.3) is 0 Å². The Morgan fingerprint density at radius 3 is 2.35 bits per heavy atom. The first-order valence-corrected chi connectivity index (χ1v) is 9.48. The van der Waals surface area contributed by atoms with Crippen LogP contribution in [0.3, 0.4) is 0 Å².